The first kappa shape index (κ1) is 10.2. The van der Waals surface area contributed by atoms with E-state index in [4.69, 9.17) is 5.11 Å². The number of aliphatic hydroxyl groups is 1. The van der Waals surface area contributed by atoms with Gasteiger partial charge in [0.15, 0.2) is 0 Å². The molecule has 3 nitrogen and oxygen atoms in total. The molecule has 2 N–H and O–H groups in total. The number of nitrogens with zero attached hydrogens (tertiary/aromatic N) is 1. The number of rotatable bonds is 3. The van der Waals surface area contributed by atoms with Crippen molar-refractivity contribution in [3.05, 3.63) is 29.6 Å². The zero-order chi connectivity index (χ0) is 9.90. The lowest BCUT2D eigenvalue weighted by molar-refractivity contribution is 0.275. The van der Waals surface area contributed by atoms with E-state index in [1.54, 1.807) is 0 Å². The van der Waals surface area contributed by atoms with Crippen molar-refractivity contribution < 1.29 is 5.11 Å². The molecule has 0 saturated carbocycles. The third-order valence-electron chi connectivity index (χ3n) is 2.23. The highest BCUT2D eigenvalue weighted by atomic mass is 16.3. The van der Waals surface area contributed by atoms with E-state index in [2.05, 4.69) is 24.1 Å². The molecule has 0 radical (unpaired) electrons. The van der Waals surface area contributed by atoms with Gasteiger partial charge >= 0.3 is 0 Å². The smallest absolute Gasteiger partial charge is 0.0853 e. The Labute approximate surface area is 78.8 Å². The van der Waals surface area contributed by atoms with E-state index in [-0.39, 0.29) is 12.1 Å². The molecule has 0 amide bonds. The lowest BCUT2D eigenvalue weighted by Gasteiger charge is -2.23. The second kappa shape index (κ2) is 3.85. The van der Waals surface area contributed by atoms with Crippen LogP contribution >= 0.6 is 0 Å². The highest BCUT2D eigenvalue weighted by Crippen LogP contribution is 2.16. The van der Waals surface area contributed by atoms with Crippen molar-refractivity contribution >= 4 is 0 Å². The summed E-state index contributed by atoms with van der Waals surface area (Å²) >= 11 is 0. The Balaban J connectivity index is 3.01. The molecule has 0 bridgehead atoms. The zero-order valence-corrected chi connectivity index (χ0v) is 8.33. The molecule has 13 heavy (non-hydrogen) atoms. The number of aliphatic hydroxyl groups excluding tert-OH is 1. The predicted molar refractivity (Wildman–Crippen MR) is 52.2 cm³/mol. The molecule has 0 aliphatic heterocycles. The van der Waals surface area contributed by atoms with Crippen LogP contribution in [0.3, 0.4) is 0 Å². The fraction of sp³-hybridized carbons (Fsp3) is 0.500. The second-order valence-corrected chi connectivity index (χ2v) is 3.55. The fourth-order valence-electron chi connectivity index (χ4n) is 1.04. The summed E-state index contributed by atoms with van der Waals surface area (Å²) < 4.78 is 0. The Bertz CT molecular complexity index is 284. The van der Waals surface area contributed by atoms with Crippen LogP contribution in [0.4, 0.5) is 0 Å². The van der Waals surface area contributed by atoms with Gasteiger partial charge in [-0.25, -0.2) is 0 Å². The summed E-state index contributed by atoms with van der Waals surface area (Å²) in [6.45, 7) is 4.10. The molecular formula is C10H16N2O. The first-order chi connectivity index (χ1) is 6.10. The van der Waals surface area contributed by atoms with Crippen molar-refractivity contribution in [1.29, 1.82) is 0 Å². The van der Waals surface area contributed by atoms with Gasteiger partial charge in [-0.05, 0) is 33.0 Å². The Hall–Kier alpha value is -0.930. The molecule has 0 fully saturated rings. The minimum atomic E-state index is -0.148. The third kappa shape index (κ3) is 2.26. The van der Waals surface area contributed by atoms with Crippen molar-refractivity contribution in [2.24, 2.45) is 0 Å². The van der Waals surface area contributed by atoms with Crippen molar-refractivity contribution in [3.63, 3.8) is 0 Å². The van der Waals surface area contributed by atoms with Crippen molar-refractivity contribution in [2.45, 2.75) is 26.0 Å². The van der Waals surface area contributed by atoms with Gasteiger partial charge in [0, 0.05) is 0 Å². The first-order valence-corrected chi connectivity index (χ1v) is 4.36. The summed E-state index contributed by atoms with van der Waals surface area (Å²) in [5.74, 6) is 0. The Morgan fingerprint density at radius 1 is 1.46 bits per heavy atom. The van der Waals surface area contributed by atoms with E-state index in [1.165, 1.54) is 0 Å². The minimum Gasteiger partial charge on any atom is -0.390 e. The van der Waals surface area contributed by atoms with Gasteiger partial charge in [-0.2, -0.15) is 0 Å². The molecule has 1 aromatic rings. The monoisotopic (exact) mass is 180 g/mol. The molecule has 0 spiro atoms. The summed E-state index contributed by atoms with van der Waals surface area (Å²) in [7, 11) is 1.90. The van der Waals surface area contributed by atoms with Gasteiger partial charge in [-0.15, -0.1) is 0 Å². The number of hydrogen-bond donors (Lipinski definition) is 2. The van der Waals surface area contributed by atoms with Crippen LogP contribution in [0.2, 0.25) is 0 Å². The average molecular weight is 180 g/mol. The Morgan fingerprint density at radius 2 is 2.15 bits per heavy atom. The molecule has 0 aliphatic carbocycles. The molecule has 0 aliphatic rings. The normalized spacial score (nSPS) is 11.7. The van der Waals surface area contributed by atoms with Crippen LogP contribution in [0.15, 0.2) is 18.2 Å². The SMILES string of the molecule is CNC(C)(C)c1cccc(CO)n1. The van der Waals surface area contributed by atoms with Crippen LogP contribution < -0.4 is 5.32 Å². The van der Waals surface area contributed by atoms with Gasteiger partial charge < -0.3 is 10.4 Å². The fourth-order valence-corrected chi connectivity index (χ4v) is 1.04. The van der Waals surface area contributed by atoms with Crippen LogP contribution in [0, 0.1) is 0 Å². The van der Waals surface area contributed by atoms with Crippen LogP contribution in [0.25, 0.3) is 0 Å². The topological polar surface area (TPSA) is 45.1 Å². The average Bonchev–Trinajstić information content (AvgIpc) is 2.18. The predicted octanol–water partition coefficient (Wildman–Crippen LogP) is 1.03. The second-order valence-electron chi connectivity index (χ2n) is 3.55. The molecular weight excluding hydrogens is 164 g/mol. The first-order valence-electron chi connectivity index (χ1n) is 4.36. The van der Waals surface area contributed by atoms with Gasteiger partial charge in [-0.1, -0.05) is 6.07 Å². The van der Waals surface area contributed by atoms with Gasteiger partial charge in [0.25, 0.3) is 0 Å². The summed E-state index contributed by atoms with van der Waals surface area (Å²) in [4.78, 5) is 4.32. The van der Waals surface area contributed by atoms with E-state index in [0.717, 1.165) is 5.69 Å². The molecule has 1 heterocycles. The van der Waals surface area contributed by atoms with Crippen molar-refractivity contribution in [3.8, 4) is 0 Å². The molecule has 0 aromatic carbocycles. The number of nitrogens with one attached hydrogen (secondary N) is 1. The molecule has 0 atom stereocenters. The molecule has 72 valence electrons. The van der Waals surface area contributed by atoms with Crippen molar-refractivity contribution in [2.75, 3.05) is 7.05 Å². The van der Waals surface area contributed by atoms with Crippen LogP contribution in [-0.4, -0.2) is 17.1 Å². The molecule has 0 unspecified atom stereocenters. The quantitative estimate of drug-likeness (QED) is 0.730. The van der Waals surface area contributed by atoms with Crippen LogP contribution in [-0.2, 0) is 12.1 Å². The lowest BCUT2D eigenvalue weighted by atomic mass is 10.0. The molecule has 3 heteroatoms. The van der Waals surface area contributed by atoms with E-state index in [0.29, 0.717) is 5.69 Å². The zero-order valence-electron chi connectivity index (χ0n) is 8.33. The van der Waals surface area contributed by atoms with Gasteiger partial charge in [0.05, 0.1) is 23.5 Å². The highest BCUT2D eigenvalue weighted by Gasteiger charge is 2.18. The summed E-state index contributed by atoms with van der Waals surface area (Å²) in [5.41, 5.74) is 1.51. The van der Waals surface area contributed by atoms with Crippen LogP contribution in [0.5, 0.6) is 0 Å². The Kier molecular flexibility index (Phi) is 3.01. The standard InChI is InChI=1S/C10H16N2O/c1-10(2,11-3)9-6-4-5-8(7-13)12-9/h4-6,11,13H,7H2,1-3H3. The van der Waals surface area contributed by atoms with Gasteiger partial charge in [-0.3, -0.25) is 4.98 Å². The molecule has 1 aromatic heterocycles. The van der Waals surface area contributed by atoms with E-state index >= 15 is 0 Å². The van der Waals surface area contributed by atoms with Crippen molar-refractivity contribution in [1.82, 2.24) is 10.3 Å². The maximum Gasteiger partial charge on any atom is 0.0853 e. The molecule has 0 saturated heterocycles. The van der Waals surface area contributed by atoms with E-state index < -0.39 is 0 Å². The third-order valence-corrected chi connectivity index (χ3v) is 2.23. The van der Waals surface area contributed by atoms with Gasteiger partial charge in [0.2, 0.25) is 0 Å². The summed E-state index contributed by atoms with van der Waals surface area (Å²) in [5, 5.41) is 12.1. The summed E-state index contributed by atoms with van der Waals surface area (Å²) in [6, 6.07) is 5.68. The number of aromatic nitrogens is 1. The van der Waals surface area contributed by atoms with Gasteiger partial charge in [0.1, 0.15) is 0 Å². The highest BCUT2D eigenvalue weighted by molar-refractivity contribution is 5.17. The molecule has 1 rings (SSSR count). The lowest BCUT2D eigenvalue weighted by Crippen LogP contribution is -2.34. The van der Waals surface area contributed by atoms with E-state index in [9.17, 15) is 0 Å². The largest absolute Gasteiger partial charge is 0.390 e. The van der Waals surface area contributed by atoms with E-state index in [1.807, 2.05) is 25.2 Å². The number of hydrogen-bond acceptors (Lipinski definition) is 3. The maximum absolute atomic E-state index is 8.92. The summed E-state index contributed by atoms with van der Waals surface area (Å²) in [6.07, 6.45) is 0. The Morgan fingerprint density at radius 3 is 2.69 bits per heavy atom. The maximum atomic E-state index is 8.92. The van der Waals surface area contributed by atoms with Crippen LogP contribution in [0.1, 0.15) is 25.2 Å². The number of pyridine rings is 1. The minimum absolute atomic E-state index is 0.00632.